The quantitative estimate of drug-likeness (QED) is 0.604. The molecule has 1 heterocycles. The molecule has 0 aromatic carbocycles. The van der Waals surface area contributed by atoms with Crippen LogP contribution in [0.25, 0.3) is 6.08 Å². The van der Waals surface area contributed by atoms with Crippen LogP contribution in [0.1, 0.15) is 5.82 Å². The summed E-state index contributed by atoms with van der Waals surface area (Å²) in [6, 6.07) is 0. The Bertz CT molecular complexity index is 196. The normalized spacial score (nSPS) is 9.12. The molecule has 1 rings (SSSR count). The number of aromatic nitrogens is 2. The molecule has 0 fully saturated rings. The summed E-state index contributed by atoms with van der Waals surface area (Å²) in [6.45, 7) is 3.47. The highest BCUT2D eigenvalue weighted by molar-refractivity contribution is 7.10. The average Bonchev–Trinajstić information content (AvgIpc) is 2.14. The van der Waals surface area contributed by atoms with Gasteiger partial charge in [-0.3, -0.25) is 0 Å². The highest BCUT2D eigenvalue weighted by atomic mass is 35.5. The summed E-state index contributed by atoms with van der Waals surface area (Å²) in [5.74, 6) is 0.597. The molecule has 4 heteroatoms. The van der Waals surface area contributed by atoms with Crippen LogP contribution in [-0.4, -0.2) is 9.36 Å². The van der Waals surface area contributed by atoms with Gasteiger partial charge in [0.1, 0.15) is 0 Å². The van der Waals surface area contributed by atoms with Crippen molar-refractivity contribution < 1.29 is 0 Å². The molecular formula is C4H3ClN2S. The fourth-order valence-electron chi connectivity index (χ4n) is 0.298. The number of rotatable bonds is 1. The molecular weight excluding hydrogens is 144 g/mol. The number of hydrogen-bond donors (Lipinski definition) is 0. The Labute approximate surface area is 56.0 Å². The standard InChI is InChI=1S/C4H3ClN2S/c1-2-3-6-4(5)8-7-3/h2H,1H2. The molecule has 0 unspecified atom stereocenters. The summed E-state index contributed by atoms with van der Waals surface area (Å²) < 4.78 is 4.27. The van der Waals surface area contributed by atoms with Gasteiger partial charge < -0.3 is 0 Å². The van der Waals surface area contributed by atoms with E-state index in [9.17, 15) is 0 Å². The first-order valence-corrected chi connectivity index (χ1v) is 3.09. The molecule has 1 aromatic heterocycles. The van der Waals surface area contributed by atoms with E-state index in [2.05, 4.69) is 15.9 Å². The van der Waals surface area contributed by atoms with E-state index in [4.69, 9.17) is 11.6 Å². The van der Waals surface area contributed by atoms with Gasteiger partial charge in [-0.1, -0.05) is 6.58 Å². The molecule has 0 amide bonds. The molecule has 0 atom stereocenters. The van der Waals surface area contributed by atoms with E-state index in [1.165, 1.54) is 0 Å². The second-order valence-corrected chi connectivity index (χ2v) is 2.44. The fraction of sp³-hybridized carbons (Fsp3) is 0. The van der Waals surface area contributed by atoms with Crippen molar-refractivity contribution in [1.82, 2.24) is 9.36 Å². The van der Waals surface area contributed by atoms with Crippen molar-refractivity contribution in [1.29, 1.82) is 0 Å². The molecule has 0 aliphatic rings. The number of halogens is 1. The Morgan fingerprint density at radius 2 is 2.50 bits per heavy atom. The van der Waals surface area contributed by atoms with Crippen LogP contribution in [0, 0.1) is 0 Å². The zero-order valence-electron chi connectivity index (χ0n) is 3.97. The first-order chi connectivity index (χ1) is 3.83. The van der Waals surface area contributed by atoms with Crippen molar-refractivity contribution in [3.05, 3.63) is 16.9 Å². The molecule has 2 nitrogen and oxygen atoms in total. The summed E-state index contributed by atoms with van der Waals surface area (Å²) in [4.78, 5) is 3.78. The molecule has 0 saturated heterocycles. The summed E-state index contributed by atoms with van der Waals surface area (Å²) in [5.41, 5.74) is 0. The lowest BCUT2D eigenvalue weighted by Gasteiger charge is -1.69. The molecule has 8 heavy (non-hydrogen) atoms. The molecule has 0 aliphatic carbocycles. The van der Waals surface area contributed by atoms with Gasteiger partial charge in [0.2, 0.25) is 4.47 Å². The largest absolute Gasteiger partial charge is 0.204 e. The van der Waals surface area contributed by atoms with Crippen LogP contribution in [0.2, 0.25) is 4.47 Å². The minimum atomic E-state index is 0.458. The average molecular weight is 147 g/mol. The van der Waals surface area contributed by atoms with Crippen molar-refractivity contribution in [3.8, 4) is 0 Å². The second-order valence-electron chi connectivity index (χ2n) is 1.11. The number of hydrogen-bond acceptors (Lipinski definition) is 3. The molecule has 0 radical (unpaired) electrons. The van der Waals surface area contributed by atoms with E-state index in [-0.39, 0.29) is 0 Å². The summed E-state index contributed by atoms with van der Waals surface area (Å²) in [7, 11) is 0. The topological polar surface area (TPSA) is 25.8 Å². The monoisotopic (exact) mass is 146 g/mol. The van der Waals surface area contributed by atoms with Gasteiger partial charge in [0.15, 0.2) is 5.82 Å². The molecule has 0 bridgehead atoms. The van der Waals surface area contributed by atoms with Crippen molar-refractivity contribution in [2.24, 2.45) is 0 Å². The summed E-state index contributed by atoms with van der Waals surface area (Å²) >= 11 is 6.60. The lowest BCUT2D eigenvalue weighted by molar-refractivity contribution is 1.29. The molecule has 0 aliphatic heterocycles. The van der Waals surface area contributed by atoms with Gasteiger partial charge in [0.25, 0.3) is 0 Å². The van der Waals surface area contributed by atoms with Gasteiger partial charge >= 0.3 is 0 Å². The minimum absolute atomic E-state index is 0.458. The van der Waals surface area contributed by atoms with Crippen molar-refractivity contribution in [2.75, 3.05) is 0 Å². The number of nitrogens with zero attached hydrogens (tertiary/aromatic N) is 2. The molecule has 0 spiro atoms. The van der Waals surface area contributed by atoms with Gasteiger partial charge in [0.05, 0.1) is 0 Å². The van der Waals surface area contributed by atoms with Crippen LogP contribution in [0.4, 0.5) is 0 Å². The van der Waals surface area contributed by atoms with Gasteiger partial charge in [-0.2, -0.15) is 4.37 Å². The van der Waals surface area contributed by atoms with Gasteiger partial charge in [-0.15, -0.1) is 0 Å². The van der Waals surface area contributed by atoms with Gasteiger partial charge in [0, 0.05) is 0 Å². The van der Waals surface area contributed by atoms with Gasteiger partial charge in [-0.05, 0) is 29.2 Å². The lowest BCUT2D eigenvalue weighted by atomic mass is 10.6. The SMILES string of the molecule is C=Cc1nsc(Cl)n1. The first kappa shape index (κ1) is 5.72. The first-order valence-electron chi connectivity index (χ1n) is 1.94. The smallest absolute Gasteiger partial charge is 0.203 e. The Balaban J connectivity index is 3.00. The molecule has 0 saturated carbocycles. The Hall–Kier alpha value is -0.410. The maximum atomic E-state index is 5.44. The molecule has 0 N–H and O–H groups in total. The third-order valence-corrected chi connectivity index (χ3v) is 1.41. The van der Waals surface area contributed by atoms with E-state index >= 15 is 0 Å². The van der Waals surface area contributed by atoms with Crippen molar-refractivity contribution in [2.45, 2.75) is 0 Å². The highest BCUT2D eigenvalue weighted by Gasteiger charge is 1.93. The van der Waals surface area contributed by atoms with Crippen LogP contribution >= 0.6 is 23.1 Å². The van der Waals surface area contributed by atoms with Crippen molar-refractivity contribution in [3.63, 3.8) is 0 Å². The summed E-state index contributed by atoms with van der Waals surface area (Å²) in [6.07, 6.45) is 1.56. The third kappa shape index (κ3) is 1.05. The van der Waals surface area contributed by atoms with Crippen LogP contribution in [0.3, 0.4) is 0 Å². The van der Waals surface area contributed by atoms with Crippen LogP contribution in [0.15, 0.2) is 6.58 Å². The van der Waals surface area contributed by atoms with Crippen molar-refractivity contribution >= 4 is 29.2 Å². The minimum Gasteiger partial charge on any atom is -0.204 e. The van der Waals surface area contributed by atoms with E-state index < -0.39 is 0 Å². The van der Waals surface area contributed by atoms with E-state index in [0.717, 1.165) is 11.5 Å². The zero-order valence-corrected chi connectivity index (χ0v) is 5.54. The van der Waals surface area contributed by atoms with Crippen LogP contribution in [-0.2, 0) is 0 Å². The Morgan fingerprint density at radius 1 is 1.75 bits per heavy atom. The van der Waals surface area contributed by atoms with Crippen LogP contribution < -0.4 is 0 Å². The Morgan fingerprint density at radius 3 is 2.75 bits per heavy atom. The maximum Gasteiger partial charge on any atom is 0.203 e. The maximum absolute atomic E-state index is 5.44. The van der Waals surface area contributed by atoms with Crippen LogP contribution in [0.5, 0.6) is 0 Å². The third-order valence-electron chi connectivity index (χ3n) is 0.600. The lowest BCUT2D eigenvalue weighted by Crippen LogP contribution is -1.68. The molecule has 42 valence electrons. The second kappa shape index (κ2) is 2.24. The predicted octanol–water partition coefficient (Wildman–Crippen LogP) is 1.83. The Kier molecular flexibility index (Phi) is 1.60. The molecule has 1 aromatic rings. The van der Waals surface area contributed by atoms with E-state index in [1.54, 1.807) is 6.08 Å². The van der Waals surface area contributed by atoms with Gasteiger partial charge in [-0.25, -0.2) is 4.98 Å². The zero-order chi connectivity index (χ0) is 5.98. The van der Waals surface area contributed by atoms with E-state index in [1.807, 2.05) is 0 Å². The highest BCUT2D eigenvalue weighted by Crippen LogP contribution is 2.10. The fourth-order valence-corrected chi connectivity index (χ4v) is 0.907. The summed E-state index contributed by atoms with van der Waals surface area (Å²) in [5, 5.41) is 0. The predicted molar refractivity (Wildman–Crippen MR) is 35.0 cm³/mol. The van der Waals surface area contributed by atoms with E-state index in [0.29, 0.717) is 10.3 Å².